The number of ether oxygens (including phenoxy) is 1. The van der Waals surface area contributed by atoms with Crippen molar-refractivity contribution in [2.45, 2.75) is 70.6 Å². The van der Waals surface area contributed by atoms with Gasteiger partial charge in [-0.25, -0.2) is 37.0 Å². The third kappa shape index (κ3) is 8.97. The molecule has 5 rings (SSSR count). The third-order valence-electron chi connectivity index (χ3n) is 8.48. The Morgan fingerprint density at radius 3 is 2.38 bits per heavy atom. The van der Waals surface area contributed by atoms with E-state index in [0.29, 0.717) is 11.8 Å². The van der Waals surface area contributed by atoms with E-state index in [2.05, 4.69) is 20.4 Å². The number of benzene rings is 2. The molecule has 11 nitrogen and oxygen atoms in total. The van der Waals surface area contributed by atoms with E-state index in [4.69, 9.17) is 21.7 Å². The van der Waals surface area contributed by atoms with Crippen molar-refractivity contribution in [3.8, 4) is 5.69 Å². The molecular formula is C34H34ClF7N8O3. The van der Waals surface area contributed by atoms with E-state index in [-0.39, 0.29) is 52.2 Å². The zero-order valence-corrected chi connectivity index (χ0v) is 29.2. The molecule has 1 saturated carbocycles. The van der Waals surface area contributed by atoms with Crippen molar-refractivity contribution in [2.24, 2.45) is 5.41 Å². The van der Waals surface area contributed by atoms with Crippen LogP contribution in [0.4, 0.5) is 35.5 Å². The number of guanidine groups is 1. The summed E-state index contributed by atoms with van der Waals surface area (Å²) >= 11 is 6.39. The van der Waals surface area contributed by atoms with Gasteiger partial charge in [0.25, 0.3) is 18.8 Å². The average molecular weight is 771 g/mol. The number of hydrogen-bond acceptors (Lipinski definition) is 7. The van der Waals surface area contributed by atoms with Gasteiger partial charge in [0.05, 0.1) is 22.3 Å². The van der Waals surface area contributed by atoms with E-state index in [0.717, 1.165) is 22.0 Å². The van der Waals surface area contributed by atoms with Crippen LogP contribution >= 0.6 is 11.6 Å². The molecule has 3 N–H and O–H groups in total. The fourth-order valence-electron chi connectivity index (χ4n) is 5.37. The second-order valence-electron chi connectivity index (χ2n) is 13.6. The summed E-state index contributed by atoms with van der Waals surface area (Å²) in [6.07, 6.45) is -11.5. The van der Waals surface area contributed by atoms with Crippen LogP contribution in [-0.2, 0) is 4.74 Å². The van der Waals surface area contributed by atoms with Gasteiger partial charge >= 0.3 is 12.3 Å². The van der Waals surface area contributed by atoms with Crippen LogP contribution in [0, 0.1) is 10.8 Å². The van der Waals surface area contributed by atoms with Gasteiger partial charge < -0.3 is 15.4 Å². The van der Waals surface area contributed by atoms with Crippen LogP contribution in [0.1, 0.15) is 86.4 Å². The molecule has 0 bridgehead atoms. The maximum atomic E-state index is 14.5. The minimum Gasteiger partial charge on any atom is -0.447 e. The average Bonchev–Trinajstić information content (AvgIpc) is 3.71. The normalized spacial score (nSPS) is 14.7. The molecule has 53 heavy (non-hydrogen) atoms. The highest BCUT2D eigenvalue weighted by atomic mass is 35.5. The van der Waals surface area contributed by atoms with Crippen molar-refractivity contribution in [3.63, 3.8) is 0 Å². The van der Waals surface area contributed by atoms with Gasteiger partial charge in [0, 0.05) is 17.5 Å². The largest absolute Gasteiger partial charge is 0.447 e. The number of carbonyl (C=O) groups excluding carboxylic acids is 2. The molecule has 1 atom stereocenters. The monoisotopic (exact) mass is 770 g/mol. The number of pyridine rings is 1. The molecule has 0 aliphatic heterocycles. The maximum Gasteiger partial charge on any atom is 0.411 e. The molecule has 2 heterocycles. The summed E-state index contributed by atoms with van der Waals surface area (Å²) in [5, 5.41) is 17.8. The third-order valence-corrected chi connectivity index (χ3v) is 8.80. The van der Waals surface area contributed by atoms with Crippen LogP contribution in [0.2, 0.25) is 5.02 Å². The molecule has 0 radical (unpaired) electrons. The lowest BCUT2D eigenvalue weighted by Crippen LogP contribution is -2.50. The molecule has 19 heteroatoms. The van der Waals surface area contributed by atoms with Crippen LogP contribution in [0.3, 0.4) is 0 Å². The van der Waals surface area contributed by atoms with Crippen molar-refractivity contribution in [1.29, 1.82) is 5.41 Å². The van der Waals surface area contributed by atoms with Gasteiger partial charge in [0.2, 0.25) is 0 Å². The summed E-state index contributed by atoms with van der Waals surface area (Å²) in [7, 11) is 0. The first kappa shape index (κ1) is 39.2. The van der Waals surface area contributed by atoms with E-state index in [1.54, 1.807) is 0 Å². The van der Waals surface area contributed by atoms with Crippen molar-refractivity contribution in [1.82, 2.24) is 35.3 Å². The number of alkyl carbamates (subject to hydrolysis) is 1. The fraction of sp³-hybridized carbons (Fsp3) is 0.412. The van der Waals surface area contributed by atoms with E-state index in [1.165, 1.54) is 42.5 Å². The zero-order chi connectivity index (χ0) is 38.9. The van der Waals surface area contributed by atoms with Crippen molar-refractivity contribution < 1.29 is 45.1 Å². The molecule has 0 spiro atoms. The Kier molecular flexibility index (Phi) is 11.2. The number of rotatable bonds is 11. The Labute approximate surface area is 303 Å². The van der Waals surface area contributed by atoms with Crippen molar-refractivity contribution in [3.05, 3.63) is 82.5 Å². The first-order chi connectivity index (χ1) is 24.8. The molecule has 2 aromatic heterocycles. The number of alkyl halides is 7. The first-order valence-electron chi connectivity index (χ1n) is 16.1. The molecule has 0 unspecified atom stereocenters. The standard InChI is InChI=1S/C34H34ClF7N8O3/c1-32(2,3)12-13-44-30(43)49(29(51)20-6-8-22-18(14-20)5-9-23(47-22)26(36)37)25(16-53-31(52)48-33(10-11-33)34(40,41)42)19-4-7-21(35)24(15-19)50-28(27(38)39)45-17-46-50/h4-9,14-15,17,25-27H,10-13,16H2,1-3H3,(H2,43,44)(H,48,52)/t25-/m1/s1. The Balaban J connectivity index is 1.59. The lowest BCUT2D eigenvalue weighted by Gasteiger charge is -2.33. The van der Waals surface area contributed by atoms with Crippen LogP contribution in [0.5, 0.6) is 0 Å². The molecule has 0 saturated heterocycles. The Bertz CT molecular complexity index is 2000. The molecule has 2 aromatic carbocycles. The SMILES string of the molecule is CC(C)(C)CCNC(=N)N(C(=O)c1ccc2nc(C(F)F)ccc2c1)[C@H](COC(=O)NC1(C(F)(F)F)CC1)c1ccc(Cl)c(-n2ncnc2C(F)F)c1. The number of nitrogens with one attached hydrogen (secondary N) is 3. The van der Waals surface area contributed by atoms with Gasteiger partial charge in [0.1, 0.15) is 24.2 Å². The van der Waals surface area contributed by atoms with E-state index >= 15 is 0 Å². The van der Waals surface area contributed by atoms with Crippen LogP contribution in [0.25, 0.3) is 16.6 Å². The second-order valence-corrected chi connectivity index (χ2v) is 14.0. The van der Waals surface area contributed by atoms with Crippen LogP contribution < -0.4 is 10.6 Å². The lowest BCUT2D eigenvalue weighted by atomic mass is 9.92. The van der Waals surface area contributed by atoms with Crippen LogP contribution in [-0.4, -0.2) is 67.5 Å². The van der Waals surface area contributed by atoms with E-state index < -0.39 is 66.7 Å². The highest BCUT2D eigenvalue weighted by molar-refractivity contribution is 6.32. The summed E-state index contributed by atoms with van der Waals surface area (Å²) in [5.74, 6) is -2.17. The maximum absolute atomic E-state index is 14.5. The highest BCUT2D eigenvalue weighted by Gasteiger charge is 2.64. The summed E-state index contributed by atoms with van der Waals surface area (Å²) in [4.78, 5) is 35.7. The fourth-order valence-corrected chi connectivity index (χ4v) is 5.57. The first-order valence-corrected chi connectivity index (χ1v) is 16.5. The number of nitrogens with zero attached hydrogens (tertiary/aromatic N) is 5. The van der Waals surface area contributed by atoms with E-state index in [1.807, 2.05) is 26.1 Å². The van der Waals surface area contributed by atoms with Gasteiger partial charge in [-0.1, -0.05) is 44.5 Å². The predicted octanol–water partition coefficient (Wildman–Crippen LogP) is 8.31. The minimum absolute atomic E-state index is 0.0459. The van der Waals surface area contributed by atoms with Crippen LogP contribution in [0.15, 0.2) is 54.9 Å². The van der Waals surface area contributed by atoms with Gasteiger partial charge in [0.15, 0.2) is 11.8 Å². The molecule has 2 amide bonds. The number of fused-ring (bicyclic) bond motifs is 1. The molecule has 1 aliphatic carbocycles. The summed E-state index contributed by atoms with van der Waals surface area (Å²) < 4.78 is 101. The molecule has 4 aromatic rings. The number of amides is 2. The summed E-state index contributed by atoms with van der Waals surface area (Å²) in [6, 6.07) is 8.76. The second kappa shape index (κ2) is 15.2. The molecular weight excluding hydrogens is 737 g/mol. The van der Waals surface area contributed by atoms with Gasteiger partial charge in [-0.15, -0.1) is 0 Å². The van der Waals surface area contributed by atoms with Crippen molar-refractivity contribution >= 4 is 40.5 Å². The Morgan fingerprint density at radius 1 is 1.04 bits per heavy atom. The number of hydrogen-bond donors (Lipinski definition) is 3. The quantitative estimate of drug-likeness (QED) is 0.0793. The van der Waals surface area contributed by atoms with Gasteiger partial charge in [-0.3, -0.25) is 15.1 Å². The molecule has 284 valence electrons. The molecule has 1 fully saturated rings. The van der Waals surface area contributed by atoms with E-state index in [9.17, 15) is 40.3 Å². The highest BCUT2D eigenvalue weighted by Crippen LogP contribution is 2.49. The van der Waals surface area contributed by atoms with Gasteiger partial charge in [-0.2, -0.15) is 18.3 Å². The number of carbonyl (C=O) groups is 2. The predicted molar refractivity (Wildman–Crippen MR) is 179 cm³/mol. The molecule has 1 aliphatic rings. The smallest absolute Gasteiger partial charge is 0.411 e. The van der Waals surface area contributed by atoms with Gasteiger partial charge in [-0.05, 0) is 66.6 Å². The summed E-state index contributed by atoms with van der Waals surface area (Å²) in [5.41, 5.74) is -3.20. The zero-order valence-electron chi connectivity index (χ0n) is 28.4. The lowest BCUT2D eigenvalue weighted by molar-refractivity contribution is -0.164. The van der Waals surface area contributed by atoms with Crippen molar-refractivity contribution in [2.75, 3.05) is 13.2 Å². The minimum atomic E-state index is -4.77. The Hall–Kier alpha value is -5.00. The summed E-state index contributed by atoms with van der Waals surface area (Å²) in [6.45, 7) is 5.18. The Morgan fingerprint density at radius 2 is 1.75 bits per heavy atom. The topological polar surface area (TPSA) is 138 Å². The number of halogens is 8. The number of aromatic nitrogens is 4.